The van der Waals surface area contributed by atoms with Crippen LogP contribution in [0, 0.1) is 5.92 Å². The highest BCUT2D eigenvalue weighted by Crippen LogP contribution is 2.40. The van der Waals surface area contributed by atoms with Crippen molar-refractivity contribution in [2.45, 2.75) is 25.3 Å². The number of aromatic nitrogens is 2. The third kappa shape index (κ3) is 2.60. The van der Waals surface area contributed by atoms with Crippen LogP contribution in [0.4, 0.5) is 0 Å². The summed E-state index contributed by atoms with van der Waals surface area (Å²) in [4.78, 5) is 9.70. The van der Waals surface area contributed by atoms with Gasteiger partial charge in [0, 0.05) is 6.42 Å². The lowest BCUT2D eigenvalue weighted by Crippen LogP contribution is -2.18. The minimum absolute atomic E-state index is 0.0100. The summed E-state index contributed by atoms with van der Waals surface area (Å²) in [5.74, 6) is 0.574. The fourth-order valence-electron chi connectivity index (χ4n) is 2.92. The van der Waals surface area contributed by atoms with E-state index in [1.165, 1.54) is 18.4 Å². The summed E-state index contributed by atoms with van der Waals surface area (Å²) in [6.45, 7) is 0. The van der Waals surface area contributed by atoms with Crippen molar-refractivity contribution in [1.29, 1.82) is 0 Å². The van der Waals surface area contributed by atoms with Crippen LogP contribution in [0.3, 0.4) is 0 Å². The number of hydrogen-bond acceptors (Lipinski definition) is 3. The van der Waals surface area contributed by atoms with Crippen LogP contribution >= 0.6 is 0 Å². The van der Waals surface area contributed by atoms with Gasteiger partial charge in [-0.15, -0.1) is 0 Å². The van der Waals surface area contributed by atoms with Crippen molar-refractivity contribution in [2.75, 3.05) is 0 Å². The van der Waals surface area contributed by atoms with Crippen molar-refractivity contribution < 1.29 is 0 Å². The molecule has 1 aliphatic rings. The molecule has 0 aliphatic heterocycles. The molecule has 1 fully saturated rings. The van der Waals surface area contributed by atoms with Crippen molar-refractivity contribution in [3.63, 3.8) is 0 Å². The Labute approximate surface area is 130 Å². The number of nitrogens with zero attached hydrogens (tertiary/aromatic N) is 2. The Hall–Kier alpha value is -2.26. The molecule has 1 atom stereocenters. The van der Waals surface area contributed by atoms with Gasteiger partial charge in [-0.25, -0.2) is 9.97 Å². The van der Waals surface area contributed by atoms with Crippen molar-refractivity contribution >= 4 is 11.0 Å². The topological polar surface area (TPSA) is 51.8 Å². The van der Waals surface area contributed by atoms with Gasteiger partial charge in [0.1, 0.15) is 0 Å². The summed E-state index contributed by atoms with van der Waals surface area (Å²) < 4.78 is 0. The third-order valence-corrected chi connectivity index (χ3v) is 4.33. The number of para-hydroxylation sites is 2. The minimum Gasteiger partial charge on any atom is -0.322 e. The lowest BCUT2D eigenvalue weighted by Gasteiger charge is -2.15. The first-order valence-corrected chi connectivity index (χ1v) is 7.86. The van der Waals surface area contributed by atoms with E-state index in [4.69, 9.17) is 15.7 Å². The van der Waals surface area contributed by atoms with E-state index in [1.54, 1.807) is 0 Å². The zero-order chi connectivity index (χ0) is 14.9. The number of hydrogen-bond donors (Lipinski definition) is 1. The van der Waals surface area contributed by atoms with Crippen molar-refractivity contribution in [2.24, 2.45) is 11.7 Å². The van der Waals surface area contributed by atoms with Gasteiger partial charge < -0.3 is 5.73 Å². The fourth-order valence-corrected chi connectivity index (χ4v) is 2.92. The second kappa shape index (κ2) is 5.50. The number of nitrogens with two attached hydrogens (primary N) is 1. The molecule has 0 saturated heterocycles. The van der Waals surface area contributed by atoms with E-state index in [-0.39, 0.29) is 6.04 Å². The van der Waals surface area contributed by atoms with E-state index in [0.29, 0.717) is 5.92 Å². The van der Waals surface area contributed by atoms with Gasteiger partial charge in [0.05, 0.1) is 28.5 Å². The quantitative estimate of drug-likeness (QED) is 0.798. The zero-order valence-electron chi connectivity index (χ0n) is 12.4. The lowest BCUT2D eigenvalue weighted by atomic mass is 10.0. The summed E-state index contributed by atoms with van der Waals surface area (Å²) in [7, 11) is 0. The molecule has 3 nitrogen and oxygen atoms in total. The Bertz CT molecular complexity index is 794. The van der Waals surface area contributed by atoms with Gasteiger partial charge in [0.25, 0.3) is 0 Å². The Morgan fingerprint density at radius 1 is 0.909 bits per heavy atom. The van der Waals surface area contributed by atoms with Crippen LogP contribution < -0.4 is 5.73 Å². The Morgan fingerprint density at radius 3 is 2.23 bits per heavy atom. The minimum atomic E-state index is 0.0100. The monoisotopic (exact) mass is 289 g/mol. The predicted molar refractivity (Wildman–Crippen MR) is 88.4 cm³/mol. The second-order valence-electron chi connectivity index (χ2n) is 6.07. The molecule has 110 valence electrons. The molecule has 3 heteroatoms. The molecule has 22 heavy (non-hydrogen) atoms. The van der Waals surface area contributed by atoms with E-state index in [1.807, 2.05) is 30.3 Å². The largest absolute Gasteiger partial charge is 0.322 e. The lowest BCUT2D eigenvalue weighted by molar-refractivity contribution is 0.606. The molecule has 0 amide bonds. The van der Waals surface area contributed by atoms with E-state index in [9.17, 15) is 0 Å². The van der Waals surface area contributed by atoms with E-state index in [0.717, 1.165) is 28.8 Å². The Morgan fingerprint density at radius 2 is 1.55 bits per heavy atom. The highest BCUT2D eigenvalue weighted by atomic mass is 14.9. The summed E-state index contributed by atoms with van der Waals surface area (Å²) in [6.07, 6.45) is 3.20. The molecule has 0 radical (unpaired) electrons. The first-order valence-electron chi connectivity index (χ1n) is 7.86. The first-order chi connectivity index (χ1) is 10.8. The summed E-state index contributed by atoms with van der Waals surface area (Å²) in [5, 5.41) is 0. The molecule has 2 N–H and O–H groups in total. The van der Waals surface area contributed by atoms with Crippen LogP contribution in [0.5, 0.6) is 0 Å². The maximum absolute atomic E-state index is 6.44. The molecule has 1 aliphatic carbocycles. The molecule has 1 aromatic heterocycles. The maximum atomic E-state index is 6.44. The van der Waals surface area contributed by atoms with Crippen molar-refractivity contribution in [3.8, 4) is 0 Å². The van der Waals surface area contributed by atoms with Crippen molar-refractivity contribution in [3.05, 3.63) is 71.5 Å². The standard InChI is InChI=1S/C19H19N3/c20-18(14-10-11-14)19-17(12-13-6-2-1-3-7-13)21-15-8-4-5-9-16(15)22-19/h1-9,14,18H,10-12,20H2/t18-/m0/s1. The van der Waals surface area contributed by atoms with Crippen LogP contribution in [0.2, 0.25) is 0 Å². The molecule has 0 unspecified atom stereocenters. The van der Waals surface area contributed by atoms with Gasteiger partial charge >= 0.3 is 0 Å². The summed E-state index contributed by atoms with van der Waals surface area (Å²) in [6, 6.07) is 18.5. The molecule has 4 rings (SSSR count). The normalized spacial score (nSPS) is 15.9. The summed E-state index contributed by atoms with van der Waals surface area (Å²) in [5.41, 5.74) is 11.6. The zero-order valence-corrected chi connectivity index (χ0v) is 12.4. The molecule has 0 spiro atoms. The number of benzene rings is 2. The molecular weight excluding hydrogens is 270 g/mol. The van der Waals surface area contributed by atoms with Gasteiger partial charge in [-0.05, 0) is 36.5 Å². The highest BCUT2D eigenvalue weighted by molar-refractivity contribution is 5.74. The molecule has 2 aromatic carbocycles. The number of rotatable bonds is 4. The average molecular weight is 289 g/mol. The van der Waals surface area contributed by atoms with E-state index >= 15 is 0 Å². The Kier molecular flexibility index (Phi) is 3.35. The van der Waals surface area contributed by atoms with Crippen LogP contribution in [-0.4, -0.2) is 9.97 Å². The molecule has 1 heterocycles. The Balaban J connectivity index is 1.80. The van der Waals surface area contributed by atoms with Crippen LogP contribution in [0.1, 0.15) is 35.8 Å². The maximum Gasteiger partial charge on any atom is 0.0891 e. The highest BCUT2D eigenvalue weighted by Gasteiger charge is 2.32. The van der Waals surface area contributed by atoms with E-state index < -0.39 is 0 Å². The predicted octanol–water partition coefficient (Wildman–Crippen LogP) is 3.63. The molecule has 3 aromatic rings. The van der Waals surface area contributed by atoms with Gasteiger partial charge in [-0.2, -0.15) is 0 Å². The van der Waals surface area contributed by atoms with Gasteiger partial charge in [0.15, 0.2) is 0 Å². The third-order valence-electron chi connectivity index (χ3n) is 4.33. The molecular formula is C19H19N3. The van der Waals surface area contributed by atoms with Gasteiger partial charge in [-0.1, -0.05) is 42.5 Å². The SMILES string of the molecule is N[C@H](c1nc2ccccc2nc1Cc1ccccc1)C1CC1. The van der Waals surface area contributed by atoms with Gasteiger partial charge in [0.2, 0.25) is 0 Å². The van der Waals surface area contributed by atoms with Crippen LogP contribution in [0.25, 0.3) is 11.0 Å². The van der Waals surface area contributed by atoms with E-state index in [2.05, 4.69) is 24.3 Å². The average Bonchev–Trinajstić information content (AvgIpc) is 3.39. The smallest absolute Gasteiger partial charge is 0.0891 e. The van der Waals surface area contributed by atoms with Crippen LogP contribution in [0.15, 0.2) is 54.6 Å². The molecule has 0 bridgehead atoms. The fraction of sp³-hybridized carbons (Fsp3) is 0.263. The van der Waals surface area contributed by atoms with Gasteiger partial charge in [-0.3, -0.25) is 0 Å². The van der Waals surface area contributed by atoms with Crippen LogP contribution in [-0.2, 0) is 6.42 Å². The molecule has 1 saturated carbocycles. The number of fused-ring (bicyclic) bond motifs is 1. The van der Waals surface area contributed by atoms with Crippen molar-refractivity contribution in [1.82, 2.24) is 9.97 Å². The first kappa shape index (κ1) is 13.4. The summed E-state index contributed by atoms with van der Waals surface area (Å²) >= 11 is 0. The second-order valence-corrected chi connectivity index (χ2v) is 6.07.